The minimum absolute atomic E-state index is 0. The molecule has 0 saturated heterocycles. The molecule has 126 valence electrons. The number of aliphatic hydroxyl groups excluding tert-OH is 1. The largest absolute Gasteiger partial charge is 0.392 e. The maximum absolute atomic E-state index is 9.36. The first kappa shape index (κ1) is 19.4. The zero-order chi connectivity index (χ0) is 15.8. The number of rotatable bonds is 6. The lowest BCUT2D eigenvalue weighted by Crippen LogP contribution is -2.37. The maximum atomic E-state index is 9.36. The van der Waals surface area contributed by atoms with Crippen molar-refractivity contribution in [1.29, 1.82) is 0 Å². The number of halogens is 1. The molecule has 0 bridgehead atoms. The van der Waals surface area contributed by atoms with Gasteiger partial charge in [-0.25, -0.2) is 4.99 Å². The van der Waals surface area contributed by atoms with Crippen molar-refractivity contribution in [2.45, 2.75) is 26.6 Å². The van der Waals surface area contributed by atoms with Crippen LogP contribution in [0.25, 0.3) is 0 Å². The van der Waals surface area contributed by atoms with E-state index in [1.165, 1.54) is 0 Å². The topological polar surface area (TPSA) is 74.5 Å². The molecule has 0 saturated carbocycles. The van der Waals surface area contributed by atoms with Crippen molar-refractivity contribution in [2.24, 2.45) is 12.0 Å². The number of benzene rings is 1. The zero-order valence-electron chi connectivity index (χ0n) is 13.5. The summed E-state index contributed by atoms with van der Waals surface area (Å²) in [5, 5.41) is 20.0. The minimum Gasteiger partial charge on any atom is -0.392 e. The molecule has 0 atom stereocenters. The van der Waals surface area contributed by atoms with Crippen LogP contribution in [0.2, 0.25) is 0 Å². The van der Waals surface area contributed by atoms with E-state index in [1.54, 1.807) is 6.20 Å². The Labute approximate surface area is 154 Å². The van der Waals surface area contributed by atoms with E-state index >= 15 is 0 Å². The van der Waals surface area contributed by atoms with Crippen molar-refractivity contribution in [3.8, 4) is 0 Å². The summed E-state index contributed by atoms with van der Waals surface area (Å²) in [5.74, 6) is 0.747. The van der Waals surface area contributed by atoms with E-state index in [-0.39, 0.29) is 30.6 Å². The second-order valence-corrected chi connectivity index (χ2v) is 4.92. The van der Waals surface area contributed by atoms with Crippen LogP contribution in [0.1, 0.15) is 23.7 Å². The van der Waals surface area contributed by atoms with Gasteiger partial charge in [0.2, 0.25) is 0 Å². The summed E-state index contributed by atoms with van der Waals surface area (Å²) in [5.41, 5.74) is 3.03. The van der Waals surface area contributed by atoms with Crippen LogP contribution in [0.3, 0.4) is 0 Å². The monoisotopic (exact) mass is 429 g/mol. The first-order valence-electron chi connectivity index (χ1n) is 7.41. The Kier molecular flexibility index (Phi) is 8.64. The number of hydrogen-bond donors (Lipinski definition) is 3. The van der Waals surface area contributed by atoms with Crippen LogP contribution in [0.5, 0.6) is 0 Å². The molecular formula is C16H24IN5O. The van der Waals surface area contributed by atoms with Crippen LogP contribution in [-0.4, -0.2) is 27.4 Å². The van der Waals surface area contributed by atoms with Gasteiger partial charge in [0.25, 0.3) is 0 Å². The predicted molar refractivity (Wildman–Crippen MR) is 103 cm³/mol. The van der Waals surface area contributed by atoms with Gasteiger partial charge in [-0.3, -0.25) is 4.68 Å². The fourth-order valence-electron chi connectivity index (χ4n) is 2.12. The number of nitrogens with zero attached hydrogens (tertiary/aromatic N) is 3. The normalized spacial score (nSPS) is 11.0. The van der Waals surface area contributed by atoms with E-state index in [0.717, 1.165) is 29.3 Å². The predicted octanol–water partition coefficient (Wildman–Crippen LogP) is 1.79. The number of guanidine groups is 1. The van der Waals surface area contributed by atoms with Crippen LogP contribution in [0, 0.1) is 0 Å². The van der Waals surface area contributed by atoms with Crippen molar-refractivity contribution < 1.29 is 5.11 Å². The molecule has 0 radical (unpaired) electrons. The van der Waals surface area contributed by atoms with Crippen LogP contribution in [0.15, 0.2) is 41.5 Å². The average molecular weight is 429 g/mol. The highest BCUT2D eigenvalue weighted by molar-refractivity contribution is 14.0. The summed E-state index contributed by atoms with van der Waals surface area (Å²) in [6, 6.07) is 9.75. The van der Waals surface area contributed by atoms with Crippen molar-refractivity contribution in [2.75, 3.05) is 6.54 Å². The van der Waals surface area contributed by atoms with Crippen molar-refractivity contribution in [3.05, 3.63) is 53.3 Å². The van der Waals surface area contributed by atoms with E-state index in [0.29, 0.717) is 13.1 Å². The molecule has 0 spiro atoms. The molecule has 0 aliphatic heterocycles. The van der Waals surface area contributed by atoms with Gasteiger partial charge >= 0.3 is 0 Å². The van der Waals surface area contributed by atoms with E-state index < -0.39 is 0 Å². The average Bonchev–Trinajstić information content (AvgIpc) is 2.95. The van der Waals surface area contributed by atoms with E-state index in [9.17, 15) is 5.11 Å². The third kappa shape index (κ3) is 5.83. The zero-order valence-corrected chi connectivity index (χ0v) is 15.8. The number of aliphatic hydroxyl groups is 1. The Morgan fingerprint density at radius 3 is 2.57 bits per heavy atom. The third-order valence-corrected chi connectivity index (χ3v) is 3.40. The summed E-state index contributed by atoms with van der Waals surface area (Å²) >= 11 is 0. The molecule has 1 aromatic heterocycles. The summed E-state index contributed by atoms with van der Waals surface area (Å²) in [4.78, 5) is 4.58. The Morgan fingerprint density at radius 2 is 1.96 bits per heavy atom. The van der Waals surface area contributed by atoms with E-state index in [2.05, 4.69) is 20.7 Å². The lowest BCUT2D eigenvalue weighted by molar-refractivity contribution is 0.280. The molecular weight excluding hydrogens is 405 g/mol. The molecule has 0 aliphatic rings. The molecule has 0 fully saturated rings. The van der Waals surface area contributed by atoms with Gasteiger partial charge in [0, 0.05) is 19.8 Å². The highest BCUT2D eigenvalue weighted by atomic mass is 127. The lowest BCUT2D eigenvalue weighted by Gasteiger charge is -2.12. The van der Waals surface area contributed by atoms with Crippen LogP contribution in [0.4, 0.5) is 0 Å². The molecule has 6 nitrogen and oxygen atoms in total. The molecule has 2 rings (SSSR count). The van der Waals surface area contributed by atoms with Crippen LogP contribution >= 0.6 is 24.0 Å². The summed E-state index contributed by atoms with van der Waals surface area (Å²) in [7, 11) is 1.92. The molecule has 1 aromatic carbocycles. The number of nitrogens with one attached hydrogen (secondary N) is 2. The summed E-state index contributed by atoms with van der Waals surface area (Å²) in [6.45, 7) is 4.04. The number of aromatic nitrogens is 2. The van der Waals surface area contributed by atoms with E-state index in [4.69, 9.17) is 0 Å². The number of aliphatic imine (C=N–C) groups is 1. The van der Waals surface area contributed by atoms with Gasteiger partial charge in [0.15, 0.2) is 5.96 Å². The van der Waals surface area contributed by atoms with Crippen molar-refractivity contribution in [1.82, 2.24) is 20.4 Å². The molecule has 0 aliphatic carbocycles. The highest BCUT2D eigenvalue weighted by Crippen LogP contribution is 2.09. The molecule has 7 heteroatoms. The second-order valence-electron chi connectivity index (χ2n) is 4.92. The Hall–Kier alpha value is -1.61. The van der Waals surface area contributed by atoms with Crippen LogP contribution in [-0.2, 0) is 26.7 Å². The smallest absolute Gasteiger partial charge is 0.191 e. The van der Waals surface area contributed by atoms with Gasteiger partial charge in [0.05, 0.1) is 25.4 Å². The van der Waals surface area contributed by atoms with Crippen molar-refractivity contribution in [3.63, 3.8) is 0 Å². The number of aryl methyl sites for hydroxylation is 1. The maximum Gasteiger partial charge on any atom is 0.191 e. The van der Waals surface area contributed by atoms with Gasteiger partial charge in [-0.15, -0.1) is 24.0 Å². The van der Waals surface area contributed by atoms with Gasteiger partial charge in [-0.05, 0) is 24.1 Å². The Balaban J connectivity index is 0.00000264. The molecule has 2 aromatic rings. The Morgan fingerprint density at radius 1 is 1.22 bits per heavy atom. The van der Waals surface area contributed by atoms with Gasteiger partial charge in [-0.2, -0.15) is 5.10 Å². The summed E-state index contributed by atoms with van der Waals surface area (Å²) in [6.07, 6.45) is 1.78. The quantitative estimate of drug-likeness (QED) is 0.372. The number of hydrogen-bond acceptors (Lipinski definition) is 3. The first-order valence-corrected chi connectivity index (χ1v) is 7.41. The van der Waals surface area contributed by atoms with Gasteiger partial charge in [0.1, 0.15) is 0 Å². The lowest BCUT2D eigenvalue weighted by atomic mass is 10.1. The second kappa shape index (κ2) is 10.2. The summed E-state index contributed by atoms with van der Waals surface area (Å²) < 4.78 is 1.83. The van der Waals surface area contributed by atoms with Crippen LogP contribution < -0.4 is 10.6 Å². The molecule has 3 N–H and O–H groups in total. The van der Waals surface area contributed by atoms with Crippen molar-refractivity contribution >= 4 is 29.9 Å². The van der Waals surface area contributed by atoms with Gasteiger partial charge in [-0.1, -0.05) is 24.3 Å². The molecule has 1 heterocycles. The SMILES string of the molecule is CCNC(=NCc1ccccc1CO)NCc1ccnn1C.I. The van der Waals surface area contributed by atoms with E-state index in [1.807, 2.05) is 49.0 Å². The first-order chi connectivity index (χ1) is 10.7. The molecule has 0 amide bonds. The standard InChI is InChI=1S/C16H23N5O.HI/c1-3-17-16(19-11-15-8-9-20-21(15)2)18-10-13-6-4-5-7-14(13)12-22;/h4-9,22H,3,10-12H2,1-2H3,(H2,17,18,19);1H. The molecule has 0 unspecified atom stereocenters. The van der Waals surface area contributed by atoms with Gasteiger partial charge < -0.3 is 15.7 Å². The fraction of sp³-hybridized carbons (Fsp3) is 0.375. The fourth-order valence-corrected chi connectivity index (χ4v) is 2.12. The molecule has 23 heavy (non-hydrogen) atoms. The minimum atomic E-state index is 0. The Bertz CT molecular complexity index is 626. The third-order valence-electron chi connectivity index (χ3n) is 3.40. The highest BCUT2D eigenvalue weighted by Gasteiger charge is 2.03.